The Morgan fingerprint density at radius 3 is 2.54 bits per heavy atom. The summed E-state index contributed by atoms with van der Waals surface area (Å²) in [6.45, 7) is 6.14. The van der Waals surface area contributed by atoms with Crippen LogP contribution in [0.2, 0.25) is 0 Å². The number of fused-ring (bicyclic) bond motifs is 1. The number of rotatable bonds is 4. The van der Waals surface area contributed by atoms with E-state index in [0.29, 0.717) is 19.3 Å². The van der Waals surface area contributed by atoms with E-state index in [0.717, 1.165) is 39.8 Å². The summed E-state index contributed by atoms with van der Waals surface area (Å²) in [5.41, 5.74) is 5.96. The number of aliphatic carboxylic acids is 1. The zero-order valence-corrected chi connectivity index (χ0v) is 14.2. The van der Waals surface area contributed by atoms with E-state index in [1.807, 2.05) is 20.8 Å². The molecule has 24 heavy (non-hydrogen) atoms. The Bertz CT molecular complexity index is 773. The van der Waals surface area contributed by atoms with Gasteiger partial charge in [-0.3, -0.25) is 4.79 Å². The highest BCUT2D eigenvalue weighted by Crippen LogP contribution is 2.41. The van der Waals surface area contributed by atoms with Crippen LogP contribution in [0, 0.1) is 12.8 Å². The van der Waals surface area contributed by atoms with E-state index >= 15 is 0 Å². The minimum Gasteiger partial charge on any atom is -0.507 e. The molecule has 1 aliphatic heterocycles. The van der Waals surface area contributed by atoms with Crippen molar-refractivity contribution in [3.63, 3.8) is 0 Å². The molecule has 0 aromatic heterocycles. The third kappa shape index (κ3) is 2.48. The number of carbonyl (C=O) groups excluding carboxylic acids is 1. The summed E-state index contributed by atoms with van der Waals surface area (Å²) in [6.07, 6.45) is 2.29. The number of carbonyl (C=O) groups is 2. The Hall–Kier alpha value is -2.30. The van der Waals surface area contributed by atoms with Crippen molar-refractivity contribution >= 4 is 11.9 Å². The van der Waals surface area contributed by atoms with Gasteiger partial charge in [-0.2, -0.15) is 0 Å². The van der Waals surface area contributed by atoms with Crippen molar-refractivity contribution < 1.29 is 24.5 Å². The van der Waals surface area contributed by atoms with Gasteiger partial charge in [0.1, 0.15) is 17.9 Å². The largest absolute Gasteiger partial charge is 0.507 e. The fourth-order valence-corrected chi connectivity index (χ4v) is 3.98. The molecule has 0 fully saturated rings. The zero-order valence-electron chi connectivity index (χ0n) is 14.2. The topological polar surface area (TPSA) is 83.8 Å². The summed E-state index contributed by atoms with van der Waals surface area (Å²) in [7, 11) is 0. The maximum atomic E-state index is 12.0. The summed E-state index contributed by atoms with van der Waals surface area (Å²) >= 11 is 0. The number of ether oxygens (including phenoxy) is 1. The average molecular weight is 330 g/mol. The molecule has 0 bridgehead atoms. The van der Waals surface area contributed by atoms with Gasteiger partial charge in [0.15, 0.2) is 0 Å². The molecule has 0 amide bonds. The van der Waals surface area contributed by atoms with Crippen LogP contribution < -0.4 is 0 Å². The molecule has 0 saturated carbocycles. The molecule has 5 nitrogen and oxygen atoms in total. The second-order valence-electron chi connectivity index (χ2n) is 6.72. The molecule has 1 aromatic carbocycles. The van der Waals surface area contributed by atoms with Crippen LogP contribution in [0.5, 0.6) is 5.75 Å². The van der Waals surface area contributed by atoms with Crippen molar-refractivity contribution in [2.75, 3.05) is 0 Å². The monoisotopic (exact) mass is 330 g/mol. The van der Waals surface area contributed by atoms with Crippen LogP contribution in [-0.2, 0) is 29.0 Å². The first kappa shape index (κ1) is 16.6. The van der Waals surface area contributed by atoms with Crippen LogP contribution in [0.4, 0.5) is 0 Å². The van der Waals surface area contributed by atoms with Crippen molar-refractivity contribution in [2.45, 2.75) is 53.1 Å². The number of hydrogen-bond acceptors (Lipinski definition) is 4. The Morgan fingerprint density at radius 1 is 1.25 bits per heavy atom. The summed E-state index contributed by atoms with van der Waals surface area (Å²) in [4.78, 5) is 23.2. The van der Waals surface area contributed by atoms with Crippen LogP contribution in [0.3, 0.4) is 0 Å². The van der Waals surface area contributed by atoms with Crippen molar-refractivity contribution in [2.24, 2.45) is 5.92 Å². The van der Waals surface area contributed by atoms with E-state index in [2.05, 4.69) is 0 Å². The molecule has 3 rings (SSSR count). The van der Waals surface area contributed by atoms with Crippen LogP contribution in [-0.4, -0.2) is 22.2 Å². The fourth-order valence-electron chi connectivity index (χ4n) is 3.98. The minimum atomic E-state index is -0.780. The van der Waals surface area contributed by atoms with Crippen molar-refractivity contribution in [3.8, 4) is 5.75 Å². The van der Waals surface area contributed by atoms with Crippen LogP contribution >= 0.6 is 0 Å². The number of esters is 1. The highest BCUT2D eigenvalue weighted by atomic mass is 16.5. The number of allylic oxidation sites excluding steroid dienone is 2. The predicted octanol–water partition coefficient (Wildman–Crippen LogP) is 3.29. The Kier molecular flexibility index (Phi) is 4.11. The molecule has 5 heteroatoms. The van der Waals surface area contributed by atoms with Gasteiger partial charge in [0.05, 0.1) is 5.92 Å². The normalized spacial score (nSPS) is 19.6. The van der Waals surface area contributed by atoms with Crippen molar-refractivity contribution in [1.82, 2.24) is 0 Å². The lowest BCUT2D eigenvalue weighted by Crippen LogP contribution is -2.10. The first-order valence-electron chi connectivity index (χ1n) is 8.28. The van der Waals surface area contributed by atoms with Crippen LogP contribution in [0.15, 0.2) is 11.1 Å². The first-order valence-corrected chi connectivity index (χ1v) is 8.28. The maximum Gasteiger partial charge on any atom is 0.342 e. The number of phenols is 1. The van der Waals surface area contributed by atoms with Gasteiger partial charge < -0.3 is 14.9 Å². The number of carboxylic acids is 1. The number of hydrogen-bond donors (Lipinski definition) is 2. The molecule has 1 aromatic rings. The number of cyclic esters (lactones) is 1. The lowest BCUT2D eigenvalue weighted by Gasteiger charge is -2.18. The molecule has 1 aliphatic carbocycles. The number of aromatic hydroxyl groups is 1. The molecule has 0 saturated heterocycles. The second-order valence-corrected chi connectivity index (χ2v) is 6.72. The molecule has 0 unspecified atom stereocenters. The SMILES string of the molecule is CCc1c(C)c2c(c(O)c1CC1=C(C)C[C@H](C(=O)O)C1)C(=O)OC2. The smallest absolute Gasteiger partial charge is 0.342 e. The summed E-state index contributed by atoms with van der Waals surface area (Å²) in [6, 6.07) is 0. The molecule has 0 spiro atoms. The highest BCUT2D eigenvalue weighted by molar-refractivity contribution is 5.97. The molecule has 2 aliphatic rings. The Labute approximate surface area is 140 Å². The predicted molar refractivity (Wildman–Crippen MR) is 88.1 cm³/mol. The Balaban J connectivity index is 2.04. The zero-order chi connectivity index (χ0) is 17.6. The van der Waals surface area contributed by atoms with Gasteiger partial charge in [0.2, 0.25) is 0 Å². The summed E-state index contributed by atoms with van der Waals surface area (Å²) in [5.74, 6) is -1.63. The molecule has 1 heterocycles. The van der Waals surface area contributed by atoms with E-state index in [4.69, 9.17) is 4.74 Å². The molecule has 128 valence electrons. The van der Waals surface area contributed by atoms with Crippen LogP contribution in [0.25, 0.3) is 0 Å². The van der Waals surface area contributed by atoms with Gasteiger partial charge in [-0.15, -0.1) is 0 Å². The number of carboxylic acid groups (broad SMARTS) is 1. The standard InChI is InChI=1S/C19H22O5/c1-4-13-10(3)15-8-24-19(23)16(15)17(20)14(13)7-11-6-12(18(21)22)5-9(11)2/h12,20H,4-8H2,1-3H3,(H,21,22)/t12-/m0/s1. The van der Waals surface area contributed by atoms with Gasteiger partial charge in [0.25, 0.3) is 0 Å². The number of phenolic OH excluding ortho intramolecular Hbond substituents is 1. The lowest BCUT2D eigenvalue weighted by molar-refractivity contribution is -0.141. The third-order valence-corrected chi connectivity index (χ3v) is 5.39. The van der Waals surface area contributed by atoms with Crippen molar-refractivity contribution in [3.05, 3.63) is 39.0 Å². The van der Waals surface area contributed by atoms with E-state index in [1.54, 1.807) is 0 Å². The molecular formula is C19H22O5. The van der Waals surface area contributed by atoms with Gasteiger partial charge in [0, 0.05) is 11.1 Å². The first-order chi connectivity index (χ1) is 11.3. The third-order valence-electron chi connectivity index (χ3n) is 5.39. The quantitative estimate of drug-likeness (QED) is 0.654. The molecule has 1 atom stereocenters. The summed E-state index contributed by atoms with van der Waals surface area (Å²) < 4.78 is 5.09. The van der Waals surface area contributed by atoms with Gasteiger partial charge >= 0.3 is 11.9 Å². The second kappa shape index (κ2) is 5.96. The summed E-state index contributed by atoms with van der Waals surface area (Å²) in [5, 5.41) is 19.9. The molecular weight excluding hydrogens is 308 g/mol. The molecule has 2 N–H and O–H groups in total. The average Bonchev–Trinajstić information content (AvgIpc) is 3.09. The maximum absolute atomic E-state index is 12.0. The minimum absolute atomic E-state index is 0.00836. The highest BCUT2D eigenvalue weighted by Gasteiger charge is 2.33. The van der Waals surface area contributed by atoms with E-state index in [9.17, 15) is 19.8 Å². The molecule has 0 radical (unpaired) electrons. The van der Waals surface area contributed by atoms with E-state index < -0.39 is 11.9 Å². The number of benzene rings is 1. The van der Waals surface area contributed by atoms with Gasteiger partial charge in [-0.25, -0.2) is 4.79 Å². The lowest BCUT2D eigenvalue weighted by atomic mass is 9.87. The van der Waals surface area contributed by atoms with E-state index in [-0.39, 0.29) is 23.8 Å². The van der Waals surface area contributed by atoms with Gasteiger partial charge in [-0.1, -0.05) is 18.1 Å². The van der Waals surface area contributed by atoms with Gasteiger partial charge in [-0.05, 0) is 50.7 Å². The van der Waals surface area contributed by atoms with Crippen molar-refractivity contribution in [1.29, 1.82) is 0 Å². The Morgan fingerprint density at radius 2 is 1.96 bits per heavy atom. The fraction of sp³-hybridized carbons (Fsp3) is 0.474. The van der Waals surface area contributed by atoms with E-state index in [1.165, 1.54) is 0 Å². The van der Waals surface area contributed by atoms with Crippen LogP contribution in [0.1, 0.15) is 59.3 Å².